The third-order valence-electron chi connectivity index (χ3n) is 7.42. The van der Waals surface area contributed by atoms with Crippen LogP contribution in [-0.4, -0.2) is 76.0 Å². The van der Waals surface area contributed by atoms with Crippen LogP contribution in [0.1, 0.15) is 23.7 Å². The van der Waals surface area contributed by atoms with E-state index in [1.807, 2.05) is 46.0 Å². The lowest BCUT2D eigenvalue weighted by molar-refractivity contribution is -0.129. The van der Waals surface area contributed by atoms with E-state index in [9.17, 15) is 9.90 Å². The van der Waals surface area contributed by atoms with Gasteiger partial charge in [0.25, 0.3) is 0 Å². The SMILES string of the molecule is CC(=O)N1CCc2c(c(-c3ccc(Br)cc3)nn2C[C@@H](O)CN2CCN(c3ccc(Cl)cc3C)CC2)C1. The summed E-state index contributed by atoms with van der Waals surface area (Å²) in [5.41, 5.74) is 6.54. The minimum atomic E-state index is -0.531. The fourth-order valence-electron chi connectivity index (χ4n) is 5.45. The molecule has 3 heterocycles. The summed E-state index contributed by atoms with van der Waals surface area (Å²) in [6.07, 6.45) is 0.209. The first kappa shape index (κ1) is 26.2. The number of hydrogen-bond acceptors (Lipinski definition) is 5. The smallest absolute Gasteiger partial charge is 0.219 e. The number of rotatable bonds is 6. The van der Waals surface area contributed by atoms with Crippen molar-refractivity contribution in [2.45, 2.75) is 39.5 Å². The molecular formula is C28H33BrClN5O2. The number of β-amino-alcohol motifs (C(OH)–C–C–N with tert-alkyl or cyclic N) is 1. The normalized spacial score (nSPS) is 17.1. The molecule has 0 saturated carbocycles. The summed E-state index contributed by atoms with van der Waals surface area (Å²) in [5.74, 6) is 0.0770. The molecule has 1 N–H and O–H groups in total. The Balaban J connectivity index is 1.27. The molecule has 2 aliphatic rings. The van der Waals surface area contributed by atoms with Crippen LogP contribution < -0.4 is 4.90 Å². The average Bonchev–Trinajstić information content (AvgIpc) is 3.22. The van der Waals surface area contributed by atoms with Crippen molar-refractivity contribution in [3.05, 3.63) is 68.8 Å². The van der Waals surface area contributed by atoms with Crippen molar-refractivity contribution in [3.63, 3.8) is 0 Å². The van der Waals surface area contributed by atoms with Gasteiger partial charge >= 0.3 is 0 Å². The molecule has 1 amide bonds. The van der Waals surface area contributed by atoms with E-state index in [1.54, 1.807) is 6.92 Å². The molecule has 9 heteroatoms. The van der Waals surface area contributed by atoms with E-state index in [1.165, 1.54) is 11.3 Å². The minimum Gasteiger partial charge on any atom is -0.390 e. The molecule has 1 aromatic heterocycles. The van der Waals surface area contributed by atoms with Crippen molar-refractivity contribution < 1.29 is 9.90 Å². The summed E-state index contributed by atoms with van der Waals surface area (Å²) < 4.78 is 2.99. The zero-order valence-electron chi connectivity index (χ0n) is 21.3. The first-order valence-electron chi connectivity index (χ1n) is 12.8. The monoisotopic (exact) mass is 585 g/mol. The molecule has 0 bridgehead atoms. The van der Waals surface area contributed by atoms with Gasteiger partial charge in [0.05, 0.1) is 18.3 Å². The molecular weight excluding hydrogens is 554 g/mol. The number of piperazine rings is 1. The Bertz CT molecular complexity index is 1270. The summed E-state index contributed by atoms with van der Waals surface area (Å²) in [7, 11) is 0. The number of aromatic nitrogens is 2. The number of amides is 1. The number of aryl methyl sites for hydroxylation is 1. The summed E-state index contributed by atoms with van der Waals surface area (Å²) in [5, 5.41) is 16.8. The summed E-state index contributed by atoms with van der Waals surface area (Å²) in [6, 6.07) is 14.2. The topological polar surface area (TPSA) is 64.8 Å². The number of halogens is 2. The maximum atomic E-state index is 12.1. The molecule has 5 rings (SSSR count). The van der Waals surface area contributed by atoms with Crippen LogP contribution in [0.25, 0.3) is 11.3 Å². The first-order chi connectivity index (χ1) is 17.8. The second-order valence-corrected chi connectivity index (χ2v) is 11.4. The lowest BCUT2D eigenvalue weighted by Crippen LogP contribution is -2.49. The van der Waals surface area contributed by atoms with Gasteiger partial charge in [-0.25, -0.2) is 0 Å². The number of aliphatic hydroxyl groups excluding tert-OH is 1. The molecule has 0 aliphatic carbocycles. The van der Waals surface area contributed by atoms with Crippen molar-refractivity contribution in [2.75, 3.05) is 44.2 Å². The molecule has 3 aromatic rings. The van der Waals surface area contributed by atoms with Gasteiger partial charge < -0.3 is 14.9 Å². The van der Waals surface area contributed by atoms with Gasteiger partial charge in [-0.05, 0) is 42.8 Å². The number of anilines is 1. The van der Waals surface area contributed by atoms with Crippen molar-refractivity contribution >= 4 is 39.1 Å². The first-order valence-corrected chi connectivity index (χ1v) is 14.0. The van der Waals surface area contributed by atoms with Crippen molar-refractivity contribution in [3.8, 4) is 11.3 Å². The van der Waals surface area contributed by atoms with Crippen LogP contribution in [0.2, 0.25) is 5.02 Å². The van der Waals surface area contributed by atoms with Crippen molar-refractivity contribution in [1.82, 2.24) is 19.6 Å². The van der Waals surface area contributed by atoms with Gasteiger partial charge in [-0.1, -0.05) is 39.7 Å². The van der Waals surface area contributed by atoms with Crippen LogP contribution in [0.4, 0.5) is 5.69 Å². The zero-order valence-corrected chi connectivity index (χ0v) is 23.7. The van der Waals surface area contributed by atoms with Gasteiger partial charge in [0.15, 0.2) is 0 Å². The van der Waals surface area contributed by atoms with Crippen molar-refractivity contribution in [1.29, 1.82) is 0 Å². The van der Waals surface area contributed by atoms with Crippen LogP contribution in [0, 0.1) is 6.92 Å². The quantitative estimate of drug-likeness (QED) is 0.465. The third-order valence-corrected chi connectivity index (χ3v) is 8.19. The summed E-state index contributed by atoms with van der Waals surface area (Å²) in [6.45, 7) is 9.62. The summed E-state index contributed by atoms with van der Waals surface area (Å²) in [4.78, 5) is 18.7. The molecule has 7 nitrogen and oxygen atoms in total. The van der Waals surface area contributed by atoms with Crippen LogP contribution in [-0.2, 0) is 24.3 Å². The molecule has 2 aliphatic heterocycles. The van der Waals surface area contributed by atoms with Gasteiger partial charge in [0.1, 0.15) is 0 Å². The fourth-order valence-corrected chi connectivity index (χ4v) is 5.94. The number of carbonyl (C=O) groups is 1. The molecule has 0 spiro atoms. The molecule has 0 radical (unpaired) electrons. The Morgan fingerprint density at radius 3 is 2.49 bits per heavy atom. The standard InChI is InChI=1S/C28H33BrClN5O2/c1-19-15-23(30)7-8-26(19)33-13-11-32(12-14-33)16-24(37)17-35-27-9-10-34(20(2)36)18-25(27)28(31-35)21-3-5-22(29)6-4-21/h3-8,15,24,37H,9-14,16-18H2,1-2H3/t24-/m0/s1. The van der Waals surface area contributed by atoms with E-state index in [0.29, 0.717) is 26.2 Å². The average molecular weight is 587 g/mol. The fraction of sp³-hybridized carbons (Fsp3) is 0.429. The molecule has 196 valence electrons. The van der Waals surface area contributed by atoms with Gasteiger partial charge in [0.2, 0.25) is 5.91 Å². The lowest BCUT2D eigenvalue weighted by atomic mass is 10.0. The van der Waals surface area contributed by atoms with E-state index in [-0.39, 0.29) is 5.91 Å². The molecule has 2 aromatic carbocycles. The Labute approximate surface area is 231 Å². The number of aliphatic hydroxyl groups is 1. The highest BCUT2D eigenvalue weighted by molar-refractivity contribution is 9.10. The Kier molecular flexibility index (Phi) is 7.91. The van der Waals surface area contributed by atoms with E-state index in [0.717, 1.165) is 64.6 Å². The highest BCUT2D eigenvalue weighted by atomic mass is 79.9. The van der Waals surface area contributed by atoms with Gasteiger partial charge in [-0.3, -0.25) is 14.4 Å². The minimum absolute atomic E-state index is 0.0770. The summed E-state index contributed by atoms with van der Waals surface area (Å²) >= 11 is 9.63. The predicted molar refractivity (Wildman–Crippen MR) is 151 cm³/mol. The van der Waals surface area contributed by atoms with Crippen molar-refractivity contribution in [2.24, 2.45) is 0 Å². The Hall–Kier alpha value is -2.39. The molecule has 1 fully saturated rings. The predicted octanol–water partition coefficient (Wildman–Crippen LogP) is 4.36. The van der Waals surface area contributed by atoms with Gasteiger partial charge in [-0.15, -0.1) is 0 Å². The maximum absolute atomic E-state index is 12.1. The number of benzene rings is 2. The number of hydrogen-bond donors (Lipinski definition) is 1. The molecule has 0 unspecified atom stereocenters. The van der Waals surface area contributed by atoms with Gasteiger partial charge in [0, 0.05) is 91.2 Å². The second-order valence-electron chi connectivity index (χ2n) is 10.0. The zero-order chi connectivity index (χ0) is 26.1. The Morgan fingerprint density at radius 2 is 1.81 bits per heavy atom. The maximum Gasteiger partial charge on any atom is 0.219 e. The van der Waals surface area contributed by atoms with Crippen LogP contribution >= 0.6 is 27.5 Å². The second kappa shape index (κ2) is 11.2. The van der Waals surface area contributed by atoms with E-state index in [2.05, 4.69) is 38.7 Å². The van der Waals surface area contributed by atoms with E-state index in [4.69, 9.17) is 16.7 Å². The number of fused-ring (bicyclic) bond motifs is 1. The molecule has 1 atom stereocenters. The van der Waals surface area contributed by atoms with Crippen LogP contribution in [0.15, 0.2) is 46.9 Å². The van der Waals surface area contributed by atoms with Gasteiger partial charge in [-0.2, -0.15) is 5.10 Å². The highest BCUT2D eigenvalue weighted by Gasteiger charge is 2.28. The molecule has 1 saturated heterocycles. The van der Waals surface area contributed by atoms with Crippen LogP contribution in [0.5, 0.6) is 0 Å². The van der Waals surface area contributed by atoms with Crippen LogP contribution in [0.3, 0.4) is 0 Å². The Morgan fingerprint density at radius 1 is 1.08 bits per heavy atom. The largest absolute Gasteiger partial charge is 0.390 e. The number of nitrogens with zero attached hydrogens (tertiary/aromatic N) is 5. The highest BCUT2D eigenvalue weighted by Crippen LogP contribution is 2.31. The lowest BCUT2D eigenvalue weighted by Gasteiger charge is -2.37. The number of carbonyl (C=O) groups excluding carboxylic acids is 1. The van der Waals surface area contributed by atoms with E-state index >= 15 is 0 Å². The third kappa shape index (κ3) is 5.87. The van der Waals surface area contributed by atoms with E-state index < -0.39 is 6.10 Å². The molecule has 37 heavy (non-hydrogen) atoms.